The van der Waals surface area contributed by atoms with E-state index in [4.69, 9.17) is 16.3 Å². The van der Waals surface area contributed by atoms with Crippen LogP contribution in [0.15, 0.2) is 42.5 Å². The molecule has 124 valence electrons. The van der Waals surface area contributed by atoms with Gasteiger partial charge in [0, 0.05) is 17.6 Å². The van der Waals surface area contributed by atoms with Crippen LogP contribution in [0.25, 0.3) is 0 Å². The Balaban J connectivity index is 1.81. The van der Waals surface area contributed by atoms with Crippen LogP contribution in [0.5, 0.6) is 5.75 Å². The molecule has 2 N–H and O–H groups in total. The van der Waals surface area contributed by atoms with Gasteiger partial charge in [0.2, 0.25) is 0 Å². The summed E-state index contributed by atoms with van der Waals surface area (Å²) in [5.41, 5.74) is 3.30. The predicted molar refractivity (Wildman–Crippen MR) is 95.3 cm³/mol. The van der Waals surface area contributed by atoms with E-state index < -0.39 is 6.10 Å². The second-order valence-electron chi connectivity index (χ2n) is 5.87. The number of halogens is 1. The van der Waals surface area contributed by atoms with Crippen molar-refractivity contribution in [3.05, 3.63) is 64.2 Å². The van der Waals surface area contributed by atoms with Gasteiger partial charge in [0.25, 0.3) is 0 Å². The monoisotopic (exact) mass is 333 g/mol. The van der Waals surface area contributed by atoms with Gasteiger partial charge in [-0.05, 0) is 49.6 Å². The molecule has 2 atom stereocenters. The van der Waals surface area contributed by atoms with E-state index in [1.807, 2.05) is 56.3 Å². The topological polar surface area (TPSA) is 41.5 Å². The lowest BCUT2D eigenvalue weighted by atomic mass is 10.1. The SMILES string of the molecule is Cc1cccc(C)c1OCC(O)CNC(C)c1ccc(Cl)cc1. The molecule has 0 saturated carbocycles. The summed E-state index contributed by atoms with van der Waals surface area (Å²) in [7, 11) is 0. The third-order valence-corrected chi connectivity index (χ3v) is 4.11. The molecule has 0 aromatic heterocycles. The van der Waals surface area contributed by atoms with E-state index in [0.29, 0.717) is 6.54 Å². The van der Waals surface area contributed by atoms with Crippen LogP contribution in [0.4, 0.5) is 0 Å². The highest BCUT2D eigenvalue weighted by atomic mass is 35.5. The van der Waals surface area contributed by atoms with Crippen LogP contribution in [-0.2, 0) is 0 Å². The number of para-hydroxylation sites is 1. The van der Waals surface area contributed by atoms with E-state index in [-0.39, 0.29) is 12.6 Å². The van der Waals surface area contributed by atoms with E-state index in [2.05, 4.69) is 12.2 Å². The van der Waals surface area contributed by atoms with Gasteiger partial charge < -0.3 is 15.2 Å². The zero-order valence-electron chi connectivity index (χ0n) is 13.8. The lowest BCUT2D eigenvalue weighted by molar-refractivity contribution is 0.103. The molecule has 4 heteroatoms. The first-order chi connectivity index (χ1) is 11.0. The average Bonchev–Trinajstić information content (AvgIpc) is 2.53. The third-order valence-electron chi connectivity index (χ3n) is 3.86. The molecule has 0 aliphatic heterocycles. The van der Waals surface area contributed by atoms with Crippen molar-refractivity contribution < 1.29 is 9.84 Å². The number of aryl methyl sites for hydroxylation is 2. The number of hydrogen-bond donors (Lipinski definition) is 2. The summed E-state index contributed by atoms with van der Waals surface area (Å²) >= 11 is 5.89. The molecule has 0 aliphatic rings. The fraction of sp³-hybridized carbons (Fsp3) is 0.368. The second kappa shape index (κ2) is 8.34. The lowest BCUT2D eigenvalue weighted by Gasteiger charge is -2.19. The van der Waals surface area contributed by atoms with Gasteiger partial charge >= 0.3 is 0 Å². The Bertz CT molecular complexity index is 608. The van der Waals surface area contributed by atoms with E-state index >= 15 is 0 Å². The smallest absolute Gasteiger partial charge is 0.125 e. The Morgan fingerprint density at radius 3 is 2.30 bits per heavy atom. The van der Waals surface area contributed by atoms with Crippen LogP contribution in [-0.4, -0.2) is 24.4 Å². The number of rotatable bonds is 7. The van der Waals surface area contributed by atoms with Crippen molar-refractivity contribution in [2.75, 3.05) is 13.2 Å². The van der Waals surface area contributed by atoms with E-state index in [0.717, 1.165) is 27.5 Å². The van der Waals surface area contributed by atoms with E-state index in [9.17, 15) is 5.11 Å². The summed E-state index contributed by atoms with van der Waals surface area (Å²) < 4.78 is 5.78. The lowest BCUT2D eigenvalue weighted by Crippen LogP contribution is -2.33. The minimum Gasteiger partial charge on any atom is -0.490 e. The number of hydrogen-bond acceptors (Lipinski definition) is 3. The van der Waals surface area contributed by atoms with Crippen LogP contribution >= 0.6 is 11.6 Å². The van der Waals surface area contributed by atoms with Crippen LogP contribution in [0.3, 0.4) is 0 Å². The normalized spacial score (nSPS) is 13.6. The van der Waals surface area contributed by atoms with Gasteiger partial charge in [-0.15, -0.1) is 0 Å². The van der Waals surface area contributed by atoms with Crippen molar-refractivity contribution in [3.63, 3.8) is 0 Å². The molecule has 2 rings (SSSR count). The fourth-order valence-corrected chi connectivity index (χ4v) is 2.57. The van der Waals surface area contributed by atoms with Gasteiger partial charge in [0.15, 0.2) is 0 Å². The highest BCUT2D eigenvalue weighted by Crippen LogP contribution is 2.22. The fourth-order valence-electron chi connectivity index (χ4n) is 2.45. The molecule has 2 unspecified atom stereocenters. The molecule has 0 heterocycles. The summed E-state index contributed by atoms with van der Waals surface area (Å²) in [5, 5.41) is 14.2. The Labute approximate surface area is 143 Å². The first-order valence-corrected chi connectivity index (χ1v) is 8.21. The van der Waals surface area contributed by atoms with E-state index in [1.54, 1.807) is 0 Å². The first kappa shape index (κ1) is 17.8. The van der Waals surface area contributed by atoms with Gasteiger partial charge in [0.1, 0.15) is 18.5 Å². The second-order valence-corrected chi connectivity index (χ2v) is 6.30. The van der Waals surface area contributed by atoms with Crippen molar-refractivity contribution in [1.82, 2.24) is 5.32 Å². The number of nitrogens with one attached hydrogen (secondary N) is 1. The standard InChI is InChI=1S/C19H24ClNO2/c1-13-5-4-6-14(2)19(13)23-12-18(22)11-21-15(3)16-7-9-17(20)10-8-16/h4-10,15,18,21-22H,11-12H2,1-3H3. The quantitative estimate of drug-likeness (QED) is 0.803. The summed E-state index contributed by atoms with van der Waals surface area (Å²) in [6, 6.07) is 13.9. The van der Waals surface area contributed by atoms with Crippen molar-refractivity contribution in [3.8, 4) is 5.75 Å². The third kappa shape index (κ3) is 5.24. The Morgan fingerprint density at radius 2 is 1.70 bits per heavy atom. The maximum atomic E-state index is 10.1. The molecule has 3 nitrogen and oxygen atoms in total. The number of benzene rings is 2. The molecule has 2 aromatic carbocycles. The summed E-state index contributed by atoms with van der Waals surface area (Å²) in [6.07, 6.45) is -0.566. The summed E-state index contributed by atoms with van der Waals surface area (Å²) in [5.74, 6) is 0.859. The molecule has 0 radical (unpaired) electrons. The number of aliphatic hydroxyl groups is 1. The van der Waals surface area contributed by atoms with Crippen LogP contribution in [0.1, 0.15) is 29.7 Å². The minimum absolute atomic E-state index is 0.141. The van der Waals surface area contributed by atoms with Crippen LogP contribution < -0.4 is 10.1 Å². The van der Waals surface area contributed by atoms with Gasteiger partial charge in [-0.3, -0.25) is 0 Å². The Hall–Kier alpha value is -1.55. The highest BCUT2D eigenvalue weighted by Gasteiger charge is 2.11. The summed E-state index contributed by atoms with van der Waals surface area (Å²) in [6.45, 7) is 6.81. The van der Waals surface area contributed by atoms with Crippen molar-refractivity contribution >= 4 is 11.6 Å². The van der Waals surface area contributed by atoms with Gasteiger partial charge in [-0.2, -0.15) is 0 Å². The molecule has 2 aromatic rings. The first-order valence-electron chi connectivity index (χ1n) is 7.83. The summed E-state index contributed by atoms with van der Waals surface area (Å²) in [4.78, 5) is 0. The van der Waals surface area contributed by atoms with Crippen LogP contribution in [0, 0.1) is 13.8 Å². The maximum Gasteiger partial charge on any atom is 0.125 e. The Kier molecular flexibility index (Phi) is 6.46. The highest BCUT2D eigenvalue weighted by molar-refractivity contribution is 6.30. The van der Waals surface area contributed by atoms with Gasteiger partial charge in [-0.1, -0.05) is 41.9 Å². The number of aliphatic hydroxyl groups excluding tert-OH is 1. The van der Waals surface area contributed by atoms with Crippen molar-refractivity contribution in [2.24, 2.45) is 0 Å². The average molecular weight is 334 g/mol. The predicted octanol–water partition coefficient (Wildman–Crippen LogP) is 4.05. The largest absolute Gasteiger partial charge is 0.490 e. The minimum atomic E-state index is -0.566. The maximum absolute atomic E-state index is 10.1. The van der Waals surface area contributed by atoms with Crippen molar-refractivity contribution in [2.45, 2.75) is 32.9 Å². The zero-order valence-corrected chi connectivity index (χ0v) is 14.6. The molecular formula is C19H24ClNO2. The molecule has 0 saturated heterocycles. The zero-order chi connectivity index (χ0) is 16.8. The van der Waals surface area contributed by atoms with Crippen molar-refractivity contribution in [1.29, 1.82) is 0 Å². The number of ether oxygens (including phenoxy) is 1. The van der Waals surface area contributed by atoms with Gasteiger partial charge in [0.05, 0.1) is 0 Å². The van der Waals surface area contributed by atoms with E-state index in [1.165, 1.54) is 0 Å². The van der Waals surface area contributed by atoms with Crippen LogP contribution in [0.2, 0.25) is 5.02 Å². The molecule has 23 heavy (non-hydrogen) atoms. The Morgan fingerprint density at radius 1 is 1.09 bits per heavy atom. The molecule has 0 spiro atoms. The molecule has 0 aliphatic carbocycles. The molecular weight excluding hydrogens is 310 g/mol. The molecule has 0 amide bonds. The molecule has 0 bridgehead atoms. The van der Waals surface area contributed by atoms with Gasteiger partial charge in [-0.25, -0.2) is 0 Å². The molecule has 0 fully saturated rings.